The van der Waals surface area contributed by atoms with Crippen LogP contribution in [-0.2, 0) is 20.9 Å². The maximum absolute atomic E-state index is 12.9. The number of aliphatic imine (C=N–C) groups is 1. The Morgan fingerprint density at radius 2 is 1.92 bits per heavy atom. The fourth-order valence-electron chi connectivity index (χ4n) is 4.48. The molecule has 2 atom stereocenters. The summed E-state index contributed by atoms with van der Waals surface area (Å²) in [5.41, 5.74) is 5.71. The van der Waals surface area contributed by atoms with Crippen molar-refractivity contribution >= 4 is 23.7 Å². The number of allylic oxidation sites excluding steroid dienone is 4. The number of carbonyl (C=O) groups excluding carboxylic acids is 2. The highest BCUT2D eigenvalue weighted by atomic mass is 16.5. The standard InChI is InChI=1S/C31H46N2O3/c1-8-23(6)30(26(9-2)17-22(5)20-34)33-28-18-25(15-14-24(28)7)19-32-29(16-21(3)4)31(35)36-27-12-10-11-13-27/h9,14-15,17-18,20-21,23,27,29,32H,8,10-13,16,19H2,1-7H3/b22-17-,26-9+,33-30+/t23-,29?/m0/s1. The summed E-state index contributed by atoms with van der Waals surface area (Å²) in [4.78, 5) is 29.2. The second kappa shape index (κ2) is 14.9. The molecule has 198 valence electrons. The van der Waals surface area contributed by atoms with Gasteiger partial charge in [-0.1, -0.05) is 45.9 Å². The van der Waals surface area contributed by atoms with E-state index in [1.807, 2.05) is 26.0 Å². The molecule has 1 aromatic carbocycles. The summed E-state index contributed by atoms with van der Waals surface area (Å²) >= 11 is 0. The molecule has 36 heavy (non-hydrogen) atoms. The molecule has 1 aromatic rings. The van der Waals surface area contributed by atoms with Gasteiger partial charge in [0.1, 0.15) is 18.4 Å². The number of rotatable bonds is 13. The molecule has 0 heterocycles. The Kier molecular flexibility index (Phi) is 12.3. The predicted molar refractivity (Wildman–Crippen MR) is 150 cm³/mol. The number of carbonyl (C=O) groups is 2. The predicted octanol–water partition coefficient (Wildman–Crippen LogP) is 7.20. The van der Waals surface area contributed by atoms with Crippen LogP contribution in [0.1, 0.15) is 91.2 Å². The van der Waals surface area contributed by atoms with Gasteiger partial charge in [0, 0.05) is 6.54 Å². The van der Waals surface area contributed by atoms with E-state index in [1.54, 1.807) is 0 Å². The zero-order valence-electron chi connectivity index (χ0n) is 23.4. The summed E-state index contributed by atoms with van der Waals surface area (Å²) in [6, 6.07) is 5.95. The number of ether oxygens (including phenoxy) is 1. The highest BCUT2D eigenvalue weighted by Gasteiger charge is 2.26. The Bertz CT molecular complexity index is 968. The molecule has 0 radical (unpaired) electrons. The molecule has 1 saturated carbocycles. The summed E-state index contributed by atoms with van der Waals surface area (Å²) in [5.74, 6) is 0.501. The number of nitrogens with zero attached hydrogens (tertiary/aromatic N) is 1. The van der Waals surface area contributed by atoms with Gasteiger partial charge in [-0.2, -0.15) is 0 Å². The van der Waals surface area contributed by atoms with E-state index in [-0.39, 0.29) is 24.0 Å². The first-order chi connectivity index (χ1) is 17.2. The third-order valence-electron chi connectivity index (χ3n) is 6.90. The van der Waals surface area contributed by atoms with Gasteiger partial charge in [0.2, 0.25) is 0 Å². The number of hydrogen-bond acceptors (Lipinski definition) is 5. The Balaban J connectivity index is 2.27. The Morgan fingerprint density at radius 3 is 2.50 bits per heavy atom. The molecular formula is C31H46N2O3. The van der Waals surface area contributed by atoms with E-state index < -0.39 is 0 Å². The highest BCUT2D eigenvalue weighted by Crippen LogP contribution is 2.26. The van der Waals surface area contributed by atoms with Crippen molar-refractivity contribution in [2.24, 2.45) is 16.8 Å². The number of benzene rings is 1. The second-order valence-electron chi connectivity index (χ2n) is 10.6. The first-order valence-corrected chi connectivity index (χ1v) is 13.6. The van der Waals surface area contributed by atoms with Gasteiger partial charge >= 0.3 is 5.97 Å². The van der Waals surface area contributed by atoms with Crippen LogP contribution in [0.15, 0.2) is 46.5 Å². The second-order valence-corrected chi connectivity index (χ2v) is 10.6. The highest BCUT2D eigenvalue weighted by molar-refractivity contribution is 6.06. The molecule has 0 aromatic heterocycles. The molecule has 0 amide bonds. The van der Waals surface area contributed by atoms with Crippen LogP contribution < -0.4 is 5.32 Å². The first-order valence-electron chi connectivity index (χ1n) is 13.6. The van der Waals surface area contributed by atoms with Crippen LogP contribution in [-0.4, -0.2) is 30.1 Å². The molecule has 1 aliphatic rings. The molecule has 1 unspecified atom stereocenters. The zero-order valence-corrected chi connectivity index (χ0v) is 23.4. The minimum atomic E-state index is -0.319. The van der Waals surface area contributed by atoms with Gasteiger partial charge in [0.25, 0.3) is 0 Å². The fraction of sp³-hybridized carbons (Fsp3) is 0.581. The minimum Gasteiger partial charge on any atom is -0.461 e. The van der Waals surface area contributed by atoms with Crippen molar-refractivity contribution in [3.63, 3.8) is 0 Å². The molecule has 2 rings (SSSR count). The number of aldehydes is 1. The smallest absolute Gasteiger partial charge is 0.323 e. The Hall–Kier alpha value is -2.53. The summed E-state index contributed by atoms with van der Waals surface area (Å²) in [6.45, 7) is 15.0. The van der Waals surface area contributed by atoms with Gasteiger partial charge in [-0.25, -0.2) is 0 Å². The summed E-state index contributed by atoms with van der Waals surface area (Å²) in [5, 5.41) is 3.46. The van der Waals surface area contributed by atoms with Gasteiger partial charge in [0.15, 0.2) is 0 Å². The number of nitrogens with one attached hydrogen (secondary N) is 1. The van der Waals surface area contributed by atoms with E-state index in [4.69, 9.17) is 9.73 Å². The molecule has 0 spiro atoms. The minimum absolute atomic E-state index is 0.0750. The maximum Gasteiger partial charge on any atom is 0.323 e. The van der Waals surface area contributed by atoms with Crippen LogP contribution in [0.2, 0.25) is 0 Å². The van der Waals surface area contributed by atoms with E-state index in [1.165, 1.54) is 0 Å². The quantitative estimate of drug-likeness (QED) is 0.104. The fourth-order valence-corrected chi connectivity index (χ4v) is 4.48. The van der Waals surface area contributed by atoms with Crippen LogP contribution in [0.4, 0.5) is 5.69 Å². The van der Waals surface area contributed by atoms with Crippen LogP contribution >= 0.6 is 0 Å². The lowest BCUT2D eigenvalue weighted by Gasteiger charge is -2.22. The van der Waals surface area contributed by atoms with Crippen LogP contribution in [0.3, 0.4) is 0 Å². The van der Waals surface area contributed by atoms with Crippen molar-refractivity contribution < 1.29 is 14.3 Å². The molecule has 1 fully saturated rings. The normalized spacial score (nSPS) is 17.4. The van der Waals surface area contributed by atoms with E-state index >= 15 is 0 Å². The van der Waals surface area contributed by atoms with Crippen molar-refractivity contribution in [2.75, 3.05) is 0 Å². The summed E-state index contributed by atoms with van der Waals surface area (Å²) in [6.07, 6.45) is 10.8. The lowest BCUT2D eigenvalue weighted by molar-refractivity contribution is -0.151. The molecule has 0 saturated heterocycles. The van der Waals surface area contributed by atoms with Gasteiger partial charge in [-0.15, -0.1) is 0 Å². The van der Waals surface area contributed by atoms with Gasteiger partial charge < -0.3 is 10.1 Å². The van der Waals surface area contributed by atoms with Crippen molar-refractivity contribution in [3.05, 3.63) is 52.6 Å². The lowest BCUT2D eigenvalue weighted by atomic mass is 9.94. The van der Waals surface area contributed by atoms with Crippen LogP contribution in [0.25, 0.3) is 0 Å². The molecule has 5 nitrogen and oxygen atoms in total. The van der Waals surface area contributed by atoms with Crippen molar-refractivity contribution in [1.82, 2.24) is 5.32 Å². The van der Waals surface area contributed by atoms with E-state index in [9.17, 15) is 9.59 Å². The average molecular weight is 495 g/mol. The zero-order chi connectivity index (χ0) is 26.7. The largest absolute Gasteiger partial charge is 0.461 e. The molecule has 0 bridgehead atoms. The van der Waals surface area contributed by atoms with Crippen LogP contribution in [0, 0.1) is 18.8 Å². The Morgan fingerprint density at radius 1 is 1.22 bits per heavy atom. The number of esters is 1. The van der Waals surface area contributed by atoms with Crippen molar-refractivity contribution in [1.29, 1.82) is 0 Å². The summed E-state index contributed by atoms with van der Waals surface area (Å²) in [7, 11) is 0. The average Bonchev–Trinajstić information content (AvgIpc) is 3.37. The molecule has 0 aliphatic heterocycles. The molecule has 5 heteroatoms. The first kappa shape index (κ1) is 29.7. The number of aryl methyl sites for hydroxylation is 1. The van der Waals surface area contributed by atoms with Crippen molar-refractivity contribution in [3.8, 4) is 0 Å². The van der Waals surface area contributed by atoms with E-state index in [0.717, 1.165) is 72.9 Å². The number of hydrogen-bond donors (Lipinski definition) is 1. The Labute approximate surface area is 218 Å². The lowest BCUT2D eigenvalue weighted by Crippen LogP contribution is -2.40. The van der Waals surface area contributed by atoms with Crippen molar-refractivity contribution in [2.45, 2.75) is 106 Å². The molecule has 1 aliphatic carbocycles. The monoisotopic (exact) mass is 494 g/mol. The van der Waals surface area contributed by atoms with Gasteiger partial charge in [-0.3, -0.25) is 14.6 Å². The van der Waals surface area contributed by atoms with E-state index in [2.05, 4.69) is 58.1 Å². The van der Waals surface area contributed by atoms with Crippen LogP contribution in [0.5, 0.6) is 0 Å². The van der Waals surface area contributed by atoms with Gasteiger partial charge in [-0.05, 0) is 106 Å². The summed E-state index contributed by atoms with van der Waals surface area (Å²) < 4.78 is 5.82. The topological polar surface area (TPSA) is 67.8 Å². The SMILES string of the molecule is C/C=C(\C=C(\C)C=O)C(=N/c1cc(CNC(CC(C)C)C(=O)OC2CCCC2)ccc1C)/[C@@H](C)CC. The molecular weight excluding hydrogens is 448 g/mol. The maximum atomic E-state index is 12.9. The third kappa shape index (κ3) is 9.16. The van der Waals surface area contributed by atoms with E-state index in [0.29, 0.717) is 18.0 Å². The van der Waals surface area contributed by atoms with Gasteiger partial charge in [0.05, 0.1) is 11.4 Å². The molecule has 1 N–H and O–H groups in total. The third-order valence-corrected chi connectivity index (χ3v) is 6.90.